The van der Waals surface area contributed by atoms with Crippen LogP contribution < -0.4 is 0 Å². The van der Waals surface area contributed by atoms with E-state index in [0.717, 1.165) is 30.1 Å². The van der Waals surface area contributed by atoms with Crippen LogP contribution in [0.2, 0.25) is 0 Å². The molecule has 0 radical (unpaired) electrons. The van der Waals surface area contributed by atoms with Crippen LogP contribution in [0.4, 0.5) is 4.39 Å². The molecule has 0 nitrogen and oxygen atoms in total. The van der Waals surface area contributed by atoms with E-state index in [0.29, 0.717) is 6.42 Å². The molecule has 2 aliphatic carbocycles. The van der Waals surface area contributed by atoms with Gasteiger partial charge in [0, 0.05) is 0 Å². The molecule has 0 spiro atoms. The number of unbranched alkanes of at least 4 members (excludes halogenated alkanes) is 1. The number of hydrogen-bond donors (Lipinski definition) is 0. The maximum absolute atomic E-state index is 12.1. The zero-order valence-electron chi connectivity index (χ0n) is 14.0. The monoisotopic (exact) mass is 294 g/mol. The van der Waals surface area contributed by atoms with E-state index in [9.17, 15) is 4.39 Å². The minimum atomic E-state index is -0.169. The van der Waals surface area contributed by atoms with Crippen LogP contribution in [0.5, 0.6) is 0 Å². The second-order valence-corrected chi connectivity index (χ2v) is 7.50. The SMILES string of the molecule is CCCC1CCC([C@H]2CC[C@H](/C=C/CCCF)CC2)CC1. The first-order chi connectivity index (χ1) is 10.3. The van der Waals surface area contributed by atoms with Gasteiger partial charge in [0.25, 0.3) is 0 Å². The summed E-state index contributed by atoms with van der Waals surface area (Å²) in [5, 5.41) is 0. The highest BCUT2D eigenvalue weighted by atomic mass is 19.1. The first-order valence-electron chi connectivity index (χ1n) is 9.56. The molecular weight excluding hydrogens is 259 g/mol. The Morgan fingerprint density at radius 1 is 0.905 bits per heavy atom. The van der Waals surface area contributed by atoms with Crippen LogP contribution >= 0.6 is 0 Å². The maximum Gasteiger partial charge on any atom is 0.0897 e. The molecule has 0 aromatic rings. The van der Waals surface area contributed by atoms with Crippen molar-refractivity contribution >= 4 is 0 Å². The normalized spacial score (nSPS) is 34.4. The molecule has 0 saturated heterocycles. The van der Waals surface area contributed by atoms with Gasteiger partial charge >= 0.3 is 0 Å². The molecule has 0 N–H and O–H groups in total. The summed E-state index contributed by atoms with van der Waals surface area (Å²) in [6.45, 7) is 2.16. The van der Waals surface area contributed by atoms with Crippen LogP contribution in [-0.2, 0) is 0 Å². The zero-order chi connectivity index (χ0) is 14.9. The van der Waals surface area contributed by atoms with Crippen molar-refractivity contribution < 1.29 is 4.39 Å². The van der Waals surface area contributed by atoms with Crippen molar-refractivity contribution in [2.75, 3.05) is 6.67 Å². The van der Waals surface area contributed by atoms with Crippen LogP contribution in [-0.4, -0.2) is 6.67 Å². The Labute approximate surface area is 131 Å². The highest BCUT2D eigenvalue weighted by Gasteiger charge is 2.29. The van der Waals surface area contributed by atoms with Gasteiger partial charge in [0.1, 0.15) is 0 Å². The van der Waals surface area contributed by atoms with Crippen LogP contribution in [0.25, 0.3) is 0 Å². The predicted molar refractivity (Wildman–Crippen MR) is 90.2 cm³/mol. The molecule has 2 aliphatic rings. The molecule has 0 amide bonds. The lowest BCUT2D eigenvalue weighted by Crippen LogP contribution is -2.25. The molecule has 0 bridgehead atoms. The van der Waals surface area contributed by atoms with Gasteiger partial charge in [0.05, 0.1) is 6.67 Å². The second kappa shape index (κ2) is 9.64. The van der Waals surface area contributed by atoms with Crippen molar-refractivity contribution in [3.05, 3.63) is 12.2 Å². The fraction of sp³-hybridized carbons (Fsp3) is 0.900. The van der Waals surface area contributed by atoms with E-state index < -0.39 is 0 Å². The molecule has 1 heteroatoms. The van der Waals surface area contributed by atoms with Crippen LogP contribution in [0.15, 0.2) is 12.2 Å². The largest absolute Gasteiger partial charge is 0.251 e. The fourth-order valence-electron chi connectivity index (χ4n) is 4.65. The first-order valence-corrected chi connectivity index (χ1v) is 9.56. The number of hydrogen-bond acceptors (Lipinski definition) is 0. The molecule has 122 valence electrons. The molecular formula is C20H35F. The number of alkyl halides is 1. The van der Waals surface area contributed by atoms with Crippen molar-refractivity contribution in [1.29, 1.82) is 0 Å². The van der Waals surface area contributed by atoms with Gasteiger partial charge in [-0.15, -0.1) is 0 Å². The van der Waals surface area contributed by atoms with Gasteiger partial charge in [-0.05, 0) is 75.0 Å². The highest BCUT2D eigenvalue weighted by Crippen LogP contribution is 2.42. The van der Waals surface area contributed by atoms with Gasteiger partial charge in [-0.3, -0.25) is 4.39 Å². The Kier molecular flexibility index (Phi) is 7.82. The minimum Gasteiger partial charge on any atom is -0.251 e. The van der Waals surface area contributed by atoms with E-state index in [1.165, 1.54) is 64.2 Å². The third-order valence-corrected chi connectivity index (χ3v) is 5.98. The Morgan fingerprint density at radius 2 is 1.52 bits per heavy atom. The third-order valence-electron chi connectivity index (χ3n) is 5.98. The van der Waals surface area contributed by atoms with E-state index in [4.69, 9.17) is 0 Å². The summed E-state index contributed by atoms with van der Waals surface area (Å²) in [5.74, 6) is 3.89. The lowest BCUT2D eigenvalue weighted by atomic mass is 9.68. The standard InChI is InChI=1S/C20H35F/c1-2-6-17-8-12-19(13-9-17)20-14-10-18(11-15-20)7-4-3-5-16-21/h4,7,17-20H,2-3,5-6,8-16H2,1H3/b7-4+/t17?,18-,19?,20-. The molecule has 2 saturated carbocycles. The molecule has 2 rings (SSSR count). The van der Waals surface area contributed by atoms with Gasteiger partial charge in [-0.1, -0.05) is 44.8 Å². The maximum atomic E-state index is 12.1. The third kappa shape index (κ3) is 5.75. The predicted octanol–water partition coefficient (Wildman–Crippen LogP) is 6.71. The topological polar surface area (TPSA) is 0 Å². The van der Waals surface area contributed by atoms with Crippen LogP contribution in [0.1, 0.15) is 84.0 Å². The van der Waals surface area contributed by atoms with Gasteiger partial charge < -0.3 is 0 Å². The lowest BCUT2D eigenvalue weighted by Gasteiger charge is -2.37. The molecule has 0 aliphatic heterocycles. The van der Waals surface area contributed by atoms with Gasteiger partial charge in [0.15, 0.2) is 0 Å². The quantitative estimate of drug-likeness (QED) is 0.362. The van der Waals surface area contributed by atoms with Crippen molar-refractivity contribution in [3.63, 3.8) is 0 Å². The van der Waals surface area contributed by atoms with Crippen LogP contribution in [0, 0.1) is 23.7 Å². The first kappa shape index (κ1) is 17.0. The van der Waals surface area contributed by atoms with E-state index in [1.807, 2.05) is 0 Å². The summed E-state index contributed by atoms with van der Waals surface area (Å²) in [4.78, 5) is 0. The molecule has 0 unspecified atom stereocenters. The second-order valence-electron chi connectivity index (χ2n) is 7.50. The zero-order valence-corrected chi connectivity index (χ0v) is 14.0. The Morgan fingerprint density at radius 3 is 2.10 bits per heavy atom. The lowest BCUT2D eigenvalue weighted by molar-refractivity contribution is 0.152. The Bertz CT molecular complexity index is 280. The number of allylic oxidation sites excluding steroid dienone is 2. The Hall–Kier alpha value is -0.330. The van der Waals surface area contributed by atoms with Crippen LogP contribution in [0.3, 0.4) is 0 Å². The minimum absolute atomic E-state index is 0.169. The molecule has 0 atom stereocenters. The van der Waals surface area contributed by atoms with E-state index in [1.54, 1.807) is 0 Å². The molecule has 0 heterocycles. The fourth-order valence-corrected chi connectivity index (χ4v) is 4.65. The Balaban J connectivity index is 1.64. The van der Waals surface area contributed by atoms with Gasteiger partial charge in [-0.25, -0.2) is 0 Å². The molecule has 2 fully saturated rings. The summed E-state index contributed by atoms with van der Waals surface area (Å²) in [6, 6.07) is 0. The van der Waals surface area contributed by atoms with E-state index in [-0.39, 0.29) is 6.67 Å². The average Bonchev–Trinajstić information content (AvgIpc) is 2.53. The number of rotatable bonds is 7. The van der Waals surface area contributed by atoms with Crippen molar-refractivity contribution in [2.45, 2.75) is 84.0 Å². The summed E-state index contributed by atoms with van der Waals surface area (Å²) in [7, 11) is 0. The van der Waals surface area contributed by atoms with Crippen molar-refractivity contribution in [3.8, 4) is 0 Å². The molecule has 0 aromatic carbocycles. The summed E-state index contributed by atoms with van der Waals surface area (Å²) in [5.41, 5.74) is 0. The molecule has 21 heavy (non-hydrogen) atoms. The highest BCUT2D eigenvalue weighted by molar-refractivity contribution is 4.92. The summed E-state index contributed by atoms with van der Waals surface area (Å²) < 4.78 is 12.1. The number of halogens is 1. The van der Waals surface area contributed by atoms with Gasteiger partial charge in [0.2, 0.25) is 0 Å². The van der Waals surface area contributed by atoms with E-state index >= 15 is 0 Å². The van der Waals surface area contributed by atoms with Crippen molar-refractivity contribution in [2.24, 2.45) is 23.7 Å². The summed E-state index contributed by atoms with van der Waals surface area (Å²) >= 11 is 0. The summed E-state index contributed by atoms with van der Waals surface area (Å²) in [6.07, 6.45) is 20.7. The molecule has 0 aromatic heterocycles. The average molecular weight is 294 g/mol. The van der Waals surface area contributed by atoms with E-state index in [2.05, 4.69) is 19.1 Å². The van der Waals surface area contributed by atoms with Gasteiger partial charge in [-0.2, -0.15) is 0 Å². The van der Waals surface area contributed by atoms with Crippen molar-refractivity contribution in [1.82, 2.24) is 0 Å². The smallest absolute Gasteiger partial charge is 0.0897 e.